The summed E-state index contributed by atoms with van der Waals surface area (Å²) >= 11 is 0. The quantitative estimate of drug-likeness (QED) is 0.814. The van der Waals surface area contributed by atoms with Crippen LogP contribution < -0.4 is 15.5 Å². The molecule has 5 heteroatoms. The van der Waals surface area contributed by atoms with Crippen LogP contribution in [-0.4, -0.2) is 25.0 Å². The van der Waals surface area contributed by atoms with Crippen LogP contribution in [-0.2, 0) is 4.79 Å². The van der Waals surface area contributed by atoms with E-state index in [1.807, 2.05) is 49.4 Å². The minimum atomic E-state index is -0.284. The number of benzene rings is 2. The van der Waals surface area contributed by atoms with Crippen molar-refractivity contribution in [3.8, 4) is 0 Å². The predicted molar refractivity (Wildman–Crippen MR) is 107 cm³/mol. The smallest absolute Gasteiger partial charge is 0.319 e. The summed E-state index contributed by atoms with van der Waals surface area (Å²) in [4.78, 5) is 26.0. The Morgan fingerprint density at radius 2 is 1.73 bits per heavy atom. The number of amides is 3. The van der Waals surface area contributed by atoms with Crippen molar-refractivity contribution >= 4 is 23.3 Å². The number of carbonyl (C=O) groups is 2. The Balaban J connectivity index is 2.04. The van der Waals surface area contributed by atoms with E-state index in [2.05, 4.69) is 30.5 Å². The molecule has 2 N–H and O–H groups in total. The number of carbonyl (C=O) groups excluding carboxylic acids is 2. The lowest BCUT2D eigenvalue weighted by molar-refractivity contribution is -0.116. The van der Waals surface area contributed by atoms with Gasteiger partial charge in [-0.2, -0.15) is 0 Å². The van der Waals surface area contributed by atoms with Crippen LogP contribution in [0, 0.1) is 6.92 Å². The molecule has 0 aliphatic heterocycles. The Morgan fingerprint density at radius 3 is 2.35 bits per heavy atom. The van der Waals surface area contributed by atoms with Gasteiger partial charge >= 0.3 is 6.03 Å². The Labute approximate surface area is 155 Å². The number of rotatable bonds is 6. The average molecular weight is 353 g/mol. The molecule has 138 valence electrons. The number of hydrogen-bond donors (Lipinski definition) is 2. The van der Waals surface area contributed by atoms with Crippen molar-refractivity contribution in [1.29, 1.82) is 0 Å². The summed E-state index contributed by atoms with van der Waals surface area (Å²) < 4.78 is 0. The molecule has 0 radical (unpaired) electrons. The van der Waals surface area contributed by atoms with Crippen molar-refractivity contribution in [2.24, 2.45) is 0 Å². The molecule has 2 rings (SSSR count). The van der Waals surface area contributed by atoms with Crippen LogP contribution in [0.25, 0.3) is 0 Å². The van der Waals surface area contributed by atoms with E-state index in [-0.39, 0.29) is 11.9 Å². The highest BCUT2D eigenvalue weighted by molar-refractivity contribution is 5.94. The molecule has 0 saturated heterocycles. The Kier molecular flexibility index (Phi) is 6.78. The minimum absolute atomic E-state index is 0.0357. The number of aryl methyl sites for hydroxylation is 1. The topological polar surface area (TPSA) is 61.4 Å². The van der Waals surface area contributed by atoms with Gasteiger partial charge in [-0.1, -0.05) is 50.2 Å². The van der Waals surface area contributed by atoms with Crippen LogP contribution in [0.15, 0.2) is 48.5 Å². The molecule has 2 aromatic carbocycles. The highest BCUT2D eigenvalue weighted by Gasteiger charge is 2.19. The van der Waals surface area contributed by atoms with Crippen molar-refractivity contribution in [3.63, 3.8) is 0 Å². The Morgan fingerprint density at radius 1 is 1.04 bits per heavy atom. The number of para-hydroxylation sites is 2. The fourth-order valence-electron chi connectivity index (χ4n) is 2.92. The molecule has 3 amide bonds. The zero-order chi connectivity index (χ0) is 19.1. The first-order valence-electron chi connectivity index (χ1n) is 8.87. The summed E-state index contributed by atoms with van der Waals surface area (Å²) in [7, 11) is 0. The maximum Gasteiger partial charge on any atom is 0.319 e. The second-order valence-electron chi connectivity index (χ2n) is 6.59. The lowest BCUT2D eigenvalue weighted by atomic mass is 9.97. The van der Waals surface area contributed by atoms with Gasteiger partial charge in [-0.25, -0.2) is 4.79 Å². The van der Waals surface area contributed by atoms with Gasteiger partial charge in [0.15, 0.2) is 0 Å². The van der Waals surface area contributed by atoms with Crippen LogP contribution in [0.5, 0.6) is 0 Å². The second-order valence-corrected chi connectivity index (χ2v) is 6.59. The van der Waals surface area contributed by atoms with E-state index >= 15 is 0 Å². The summed E-state index contributed by atoms with van der Waals surface area (Å²) in [5, 5.41) is 5.58. The SMILES string of the molecule is CC(=O)N(CCNC(=O)Nc1ccccc1)c1c(C)cccc1C(C)C. The third-order valence-electron chi connectivity index (χ3n) is 4.19. The molecule has 0 spiro atoms. The molecule has 0 aromatic heterocycles. The number of nitrogens with one attached hydrogen (secondary N) is 2. The van der Waals surface area contributed by atoms with E-state index in [0.29, 0.717) is 19.0 Å². The highest BCUT2D eigenvalue weighted by Crippen LogP contribution is 2.30. The van der Waals surface area contributed by atoms with E-state index in [1.165, 1.54) is 0 Å². The molecule has 0 atom stereocenters. The Bertz CT molecular complexity index is 757. The second kappa shape index (κ2) is 9.04. The van der Waals surface area contributed by atoms with Crippen molar-refractivity contribution in [1.82, 2.24) is 5.32 Å². The maximum absolute atomic E-state index is 12.2. The van der Waals surface area contributed by atoms with Gasteiger partial charge in [0.25, 0.3) is 0 Å². The standard InChI is InChI=1S/C21H27N3O2/c1-15(2)19-12-8-9-16(3)20(19)24(17(4)25)14-13-22-21(26)23-18-10-6-5-7-11-18/h5-12,15H,13-14H2,1-4H3,(H2,22,23,26). The van der Waals surface area contributed by atoms with Gasteiger partial charge in [-0.15, -0.1) is 0 Å². The summed E-state index contributed by atoms with van der Waals surface area (Å²) in [5.74, 6) is 0.271. The predicted octanol–water partition coefficient (Wildman–Crippen LogP) is 4.29. The van der Waals surface area contributed by atoms with Crippen molar-refractivity contribution in [3.05, 3.63) is 59.7 Å². The lowest BCUT2D eigenvalue weighted by Gasteiger charge is -2.27. The summed E-state index contributed by atoms with van der Waals surface area (Å²) in [6.07, 6.45) is 0. The summed E-state index contributed by atoms with van der Waals surface area (Å²) in [6.45, 7) is 8.57. The molecular formula is C21H27N3O2. The number of urea groups is 1. The first-order chi connectivity index (χ1) is 12.4. The largest absolute Gasteiger partial charge is 0.336 e. The van der Waals surface area contributed by atoms with Gasteiger partial charge in [0.1, 0.15) is 0 Å². The van der Waals surface area contributed by atoms with Gasteiger partial charge in [-0.05, 0) is 36.1 Å². The van der Waals surface area contributed by atoms with Crippen LogP contribution in [0.2, 0.25) is 0 Å². The fourth-order valence-corrected chi connectivity index (χ4v) is 2.92. The molecule has 0 aliphatic rings. The lowest BCUT2D eigenvalue weighted by Crippen LogP contribution is -2.39. The zero-order valence-corrected chi connectivity index (χ0v) is 15.9. The van der Waals surface area contributed by atoms with Gasteiger partial charge in [0, 0.05) is 25.7 Å². The van der Waals surface area contributed by atoms with Crippen LogP contribution >= 0.6 is 0 Å². The van der Waals surface area contributed by atoms with Crippen LogP contribution in [0.1, 0.15) is 37.8 Å². The molecule has 0 unspecified atom stereocenters. The molecule has 26 heavy (non-hydrogen) atoms. The van der Waals surface area contributed by atoms with Gasteiger partial charge in [-0.3, -0.25) is 4.79 Å². The van der Waals surface area contributed by atoms with Crippen molar-refractivity contribution in [2.75, 3.05) is 23.3 Å². The highest BCUT2D eigenvalue weighted by atomic mass is 16.2. The van der Waals surface area contributed by atoms with Crippen LogP contribution in [0.3, 0.4) is 0 Å². The third-order valence-corrected chi connectivity index (χ3v) is 4.19. The summed E-state index contributed by atoms with van der Waals surface area (Å²) in [5.41, 5.74) is 3.86. The van der Waals surface area contributed by atoms with E-state index < -0.39 is 0 Å². The van der Waals surface area contributed by atoms with Crippen LogP contribution in [0.4, 0.5) is 16.2 Å². The molecule has 5 nitrogen and oxygen atoms in total. The van der Waals surface area contributed by atoms with Gasteiger partial charge < -0.3 is 15.5 Å². The summed E-state index contributed by atoms with van der Waals surface area (Å²) in [6, 6.07) is 15.0. The van der Waals surface area contributed by atoms with Crippen molar-refractivity contribution in [2.45, 2.75) is 33.6 Å². The van der Waals surface area contributed by atoms with E-state index in [4.69, 9.17) is 0 Å². The zero-order valence-electron chi connectivity index (χ0n) is 15.9. The normalized spacial score (nSPS) is 10.5. The first-order valence-corrected chi connectivity index (χ1v) is 8.87. The molecule has 0 heterocycles. The first kappa shape index (κ1) is 19.5. The molecule has 0 fully saturated rings. The molecule has 0 aliphatic carbocycles. The van der Waals surface area contributed by atoms with Crippen molar-refractivity contribution < 1.29 is 9.59 Å². The third kappa shape index (κ3) is 5.09. The molecule has 0 saturated carbocycles. The van der Waals surface area contributed by atoms with Gasteiger partial charge in [0.2, 0.25) is 5.91 Å². The monoisotopic (exact) mass is 353 g/mol. The maximum atomic E-state index is 12.2. The van der Waals surface area contributed by atoms with E-state index in [9.17, 15) is 9.59 Å². The van der Waals surface area contributed by atoms with E-state index in [1.54, 1.807) is 11.8 Å². The minimum Gasteiger partial charge on any atom is -0.336 e. The Hall–Kier alpha value is -2.82. The molecular weight excluding hydrogens is 326 g/mol. The number of nitrogens with zero attached hydrogens (tertiary/aromatic N) is 1. The number of anilines is 2. The molecule has 0 bridgehead atoms. The fraction of sp³-hybridized carbons (Fsp3) is 0.333. The molecule has 2 aromatic rings. The average Bonchev–Trinajstić information content (AvgIpc) is 2.59. The number of hydrogen-bond acceptors (Lipinski definition) is 2. The van der Waals surface area contributed by atoms with E-state index in [0.717, 1.165) is 22.5 Å². The van der Waals surface area contributed by atoms with Gasteiger partial charge in [0.05, 0.1) is 5.69 Å².